The van der Waals surface area contributed by atoms with Gasteiger partial charge in [-0.25, -0.2) is 17.5 Å². The van der Waals surface area contributed by atoms with Gasteiger partial charge in [-0.05, 0) is 79.4 Å². The molecule has 0 fully saturated rings. The van der Waals surface area contributed by atoms with Crippen molar-refractivity contribution in [3.63, 3.8) is 0 Å². The van der Waals surface area contributed by atoms with Gasteiger partial charge in [-0.3, -0.25) is 4.79 Å². The van der Waals surface area contributed by atoms with Crippen LogP contribution in [0.4, 0.5) is 10.1 Å². The van der Waals surface area contributed by atoms with Gasteiger partial charge in [0.15, 0.2) is 0 Å². The molecule has 32 heavy (non-hydrogen) atoms. The number of carbonyl (C=O) groups excluding carboxylic acids is 1. The molecule has 2 aromatic carbocycles. The highest BCUT2D eigenvalue weighted by Gasteiger charge is 2.14. The first-order valence-electron chi connectivity index (χ1n) is 9.91. The van der Waals surface area contributed by atoms with Crippen LogP contribution in [0.3, 0.4) is 0 Å². The maximum Gasteiger partial charge on any atom is 0.260 e. The van der Waals surface area contributed by atoms with E-state index in [4.69, 9.17) is 4.42 Å². The smallest absolute Gasteiger partial charge is 0.260 e. The number of aryl methyl sites for hydroxylation is 2. The van der Waals surface area contributed by atoms with Gasteiger partial charge in [-0.2, -0.15) is 0 Å². The monoisotopic (exact) mass is 456 g/mol. The van der Waals surface area contributed by atoms with Gasteiger partial charge >= 0.3 is 0 Å². The van der Waals surface area contributed by atoms with E-state index in [-0.39, 0.29) is 11.4 Å². The Morgan fingerprint density at radius 2 is 1.84 bits per heavy atom. The molecule has 1 aromatic heterocycles. The Kier molecular flexibility index (Phi) is 6.84. The van der Waals surface area contributed by atoms with E-state index < -0.39 is 15.9 Å². The summed E-state index contributed by atoms with van der Waals surface area (Å²) in [7, 11) is -3.64. The highest BCUT2D eigenvalue weighted by molar-refractivity contribution is 7.89. The van der Waals surface area contributed by atoms with Gasteiger partial charge in [0.1, 0.15) is 11.6 Å². The fourth-order valence-corrected chi connectivity index (χ4v) is 3.78. The Morgan fingerprint density at radius 3 is 2.47 bits per heavy atom. The van der Waals surface area contributed by atoms with Gasteiger partial charge in [-0.15, -0.1) is 0 Å². The minimum atomic E-state index is -3.64. The summed E-state index contributed by atoms with van der Waals surface area (Å²) < 4.78 is 44.7. The fraction of sp³-hybridized carbons (Fsp3) is 0.208. The average molecular weight is 457 g/mol. The van der Waals surface area contributed by atoms with E-state index in [1.165, 1.54) is 13.0 Å². The summed E-state index contributed by atoms with van der Waals surface area (Å²) in [5.74, 6) is -0.286. The van der Waals surface area contributed by atoms with Crippen LogP contribution in [0.1, 0.15) is 29.4 Å². The maximum atomic E-state index is 14.9. The Hall–Kier alpha value is -3.39. The number of benzene rings is 2. The van der Waals surface area contributed by atoms with Crippen molar-refractivity contribution in [3.8, 4) is 11.1 Å². The number of carbonyl (C=O) groups is 1. The Bertz CT molecular complexity index is 1280. The molecule has 3 aromatic rings. The Labute approximate surface area is 187 Å². The molecular weight excluding hydrogens is 431 g/mol. The third-order valence-electron chi connectivity index (χ3n) is 4.93. The lowest BCUT2D eigenvalue weighted by molar-refractivity contribution is -0.115. The third kappa shape index (κ3) is 5.85. The van der Waals surface area contributed by atoms with Crippen LogP contribution in [0.2, 0.25) is 0 Å². The molecule has 8 heteroatoms. The van der Waals surface area contributed by atoms with E-state index in [0.29, 0.717) is 17.8 Å². The molecule has 6 nitrogen and oxygen atoms in total. The predicted octanol–water partition coefficient (Wildman–Crippen LogP) is 4.79. The van der Waals surface area contributed by atoms with Crippen LogP contribution in [0.15, 0.2) is 58.7 Å². The normalized spacial score (nSPS) is 12.0. The average Bonchev–Trinajstić information content (AvgIpc) is 3.21. The lowest BCUT2D eigenvalue weighted by atomic mass is 9.93. The molecule has 0 unspecified atom stereocenters. The number of anilines is 1. The number of amides is 1. The topological polar surface area (TPSA) is 88.4 Å². The molecule has 0 aliphatic heterocycles. The van der Waals surface area contributed by atoms with E-state index in [1.807, 2.05) is 42.8 Å². The van der Waals surface area contributed by atoms with Crippen LogP contribution in [0.25, 0.3) is 17.2 Å². The lowest BCUT2D eigenvalue weighted by Crippen LogP contribution is -2.29. The lowest BCUT2D eigenvalue weighted by Gasteiger charge is -2.13. The van der Waals surface area contributed by atoms with E-state index in [2.05, 4.69) is 5.32 Å². The zero-order chi connectivity index (χ0) is 23.5. The van der Waals surface area contributed by atoms with Crippen LogP contribution in [0, 0.1) is 19.7 Å². The Balaban J connectivity index is 1.84. The summed E-state index contributed by atoms with van der Waals surface area (Å²) in [6.07, 6.45) is 4.13. The van der Waals surface area contributed by atoms with Gasteiger partial charge in [0.05, 0.1) is 19.1 Å². The second-order valence-electron chi connectivity index (χ2n) is 7.68. The summed E-state index contributed by atoms with van der Waals surface area (Å²) >= 11 is 0. The summed E-state index contributed by atoms with van der Waals surface area (Å²) in [5, 5.41) is 3.13. The van der Waals surface area contributed by atoms with Crippen molar-refractivity contribution in [2.45, 2.75) is 27.3 Å². The first kappa shape index (κ1) is 23.3. The molecule has 168 valence electrons. The first-order valence-corrected chi connectivity index (χ1v) is 11.8. The number of furan rings is 1. The maximum absolute atomic E-state index is 14.9. The molecule has 0 radical (unpaired) electrons. The number of hydrogen-bond donors (Lipinski definition) is 2. The highest BCUT2D eigenvalue weighted by Crippen LogP contribution is 2.31. The second kappa shape index (κ2) is 9.40. The zero-order valence-corrected chi connectivity index (χ0v) is 19.1. The number of rotatable bonds is 7. The van der Waals surface area contributed by atoms with Crippen LogP contribution >= 0.6 is 0 Å². The second-order valence-corrected chi connectivity index (χ2v) is 9.43. The molecule has 3 rings (SSSR count). The summed E-state index contributed by atoms with van der Waals surface area (Å²) in [6.45, 7) is 5.71. The largest absolute Gasteiger partial charge is 0.467 e. The van der Waals surface area contributed by atoms with E-state index in [9.17, 15) is 17.6 Å². The van der Waals surface area contributed by atoms with Crippen molar-refractivity contribution in [1.29, 1.82) is 0 Å². The van der Waals surface area contributed by atoms with Crippen LogP contribution in [-0.2, 0) is 21.4 Å². The fourth-order valence-electron chi connectivity index (χ4n) is 3.28. The standard InChI is InChI=1S/C24H25FN2O4S/c1-15-12-22(16(2)10-18(15)11-17(3)24(28)27-32(4,29)30)21-8-7-19(13-23(21)25)26-14-20-6-5-9-31-20/h5-13,26H,14H2,1-4H3,(H,27,28)/b17-11+. The SMILES string of the molecule is C/C(=C\c1cc(C)c(-c2ccc(NCc3ccco3)cc2F)cc1C)C(=O)NS(C)(=O)=O. The minimum Gasteiger partial charge on any atom is -0.467 e. The van der Waals surface area contributed by atoms with E-state index in [1.54, 1.807) is 24.5 Å². The van der Waals surface area contributed by atoms with E-state index >= 15 is 0 Å². The molecule has 0 saturated heterocycles. The van der Waals surface area contributed by atoms with Gasteiger partial charge < -0.3 is 9.73 Å². The number of hydrogen-bond acceptors (Lipinski definition) is 5. The third-order valence-corrected chi connectivity index (χ3v) is 5.48. The molecule has 1 heterocycles. The van der Waals surface area contributed by atoms with E-state index in [0.717, 1.165) is 34.3 Å². The zero-order valence-electron chi connectivity index (χ0n) is 18.3. The van der Waals surface area contributed by atoms with Crippen molar-refractivity contribution in [3.05, 3.63) is 82.6 Å². The molecule has 0 spiro atoms. The van der Waals surface area contributed by atoms with Crippen molar-refractivity contribution in [2.24, 2.45) is 0 Å². The van der Waals surface area contributed by atoms with Crippen molar-refractivity contribution >= 4 is 27.7 Å². The first-order chi connectivity index (χ1) is 15.0. The quantitative estimate of drug-likeness (QED) is 0.499. The number of sulfonamides is 1. The number of halogens is 1. The van der Waals surface area contributed by atoms with Crippen molar-refractivity contribution in [2.75, 3.05) is 11.6 Å². The van der Waals surface area contributed by atoms with Crippen molar-refractivity contribution < 1.29 is 22.0 Å². The summed E-state index contributed by atoms with van der Waals surface area (Å²) in [4.78, 5) is 12.0. The van der Waals surface area contributed by atoms with Gasteiger partial charge in [0.2, 0.25) is 10.0 Å². The molecule has 1 amide bonds. The number of nitrogens with one attached hydrogen (secondary N) is 2. The Morgan fingerprint density at radius 1 is 1.09 bits per heavy atom. The van der Waals surface area contributed by atoms with Gasteiger partial charge in [0, 0.05) is 16.8 Å². The van der Waals surface area contributed by atoms with Crippen LogP contribution in [0.5, 0.6) is 0 Å². The molecule has 0 saturated carbocycles. The van der Waals surface area contributed by atoms with Crippen molar-refractivity contribution in [1.82, 2.24) is 4.72 Å². The molecule has 0 aliphatic carbocycles. The highest BCUT2D eigenvalue weighted by atomic mass is 32.2. The van der Waals surface area contributed by atoms with Crippen LogP contribution in [-0.4, -0.2) is 20.6 Å². The molecule has 0 atom stereocenters. The predicted molar refractivity (Wildman–Crippen MR) is 124 cm³/mol. The summed E-state index contributed by atoms with van der Waals surface area (Å²) in [5.41, 5.74) is 4.52. The molecule has 2 N–H and O–H groups in total. The summed E-state index contributed by atoms with van der Waals surface area (Å²) in [6, 6.07) is 12.3. The molecular formula is C24H25FN2O4S. The van der Waals surface area contributed by atoms with Gasteiger partial charge in [0.25, 0.3) is 5.91 Å². The van der Waals surface area contributed by atoms with Gasteiger partial charge in [-0.1, -0.05) is 12.1 Å². The molecule has 0 bridgehead atoms. The van der Waals surface area contributed by atoms with Crippen LogP contribution < -0.4 is 10.0 Å². The minimum absolute atomic E-state index is 0.254. The molecule has 0 aliphatic rings.